The summed E-state index contributed by atoms with van der Waals surface area (Å²) in [6.45, 7) is 0. The molecule has 5 rings (SSSR count). The normalized spacial score (nSPS) is 14.0. The number of halogens is 3. The highest BCUT2D eigenvalue weighted by Gasteiger charge is 2.23. The molecule has 1 aliphatic carbocycles. The molecule has 198 valence electrons. The van der Waals surface area contributed by atoms with Gasteiger partial charge in [-0.15, -0.1) is 11.3 Å². The lowest BCUT2D eigenvalue weighted by Gasteiger charge is -2.34. The number of thiazole rings is 1. The van der Waals surface area contributed by atoms with E-state index in [2.05, 4.69) is 29.9 Å². The van der Waals surface area contributed by atoms with Crippen molar-refractivity contribution in [3.63, 3.8) is 0 Å². The quantitative estimate of drug-likeness (QED) is 0.236. The number of rotatable bonds is 6. The number of ether oxygens (including phenoxy) is 1. The van der Waals surface area contributed by atoms with Crippen LogP contribution in [0.2, 0.25) is 0 Å². The molecule has 0 radical (unpaired) electrons. The molecule has 0 amide bonds. The Bertz CT molecular complexity index is 1560. The lowest BCUT2D eigenvalue weighted by Crippen LogP contribution is -2.33. The van der Waals surface area contributed by atoms with Gasteiger partial charge >= 0.3 is 5.97 Å². The van der Waals surface area contributed by atoms with Crippen LogP contribution in [0.5, 0.6) is 0 Å². The number of carbonyl (C=O) groups is 1. The summed E-state index contributed by atoms with van der Waals surface area (Å²) in [5.41, 5.74) is 1.55. The van der Waals surface area contributed by atoms with Crippen LogP contribution in [0.25, 0.3) is 22.3 Å². The second-order valence-corrected chi connectivity index (χ2v) is 9.97. The topological polar surface area (TPSA) is 100 Å². The number of methoxy groups -OCH3 is 1. The van der Waals surface area contributed by atoms with E-state index in [1.165, 1.54) is 24.9 Å². The van der Waals surface area contributed by atoms with Crippen LogP contribution in [-0.4, -0.2) is 41.1 Å². The highest BCUT2D eigenvalue weighted by Crippen LogP contribution is 2.37. The van der Waals surface area contributed by atoms with Crippen LogP contribution in [0.3, 0.4) is 0 Å². The fraction of sp³-hybridized carbons (Fsp3) is 0.308. The maximum Gasteiger partial charge on any atom is 0.362 e. The van der Waals surface area contributed by atoms with Gasteiger partial charge in [0.05, 0.1) is 35.2 Å². The van der Waals surface area contributed by atoms with Crippen molar-refractivity contribution in [2.45, 2.75) is 38.1 Å². The number of fused-ring (bicyclic) bond motifs is 1. The highest BCUT2D eigenvalue weighted by atomic mass is 32.1. The molecule has 2 aromatic heterocycles. The molecule has 2 N–H and O–H groups in total. The summed E-state index contributed by atoms with van der Waals surface area (Å²) in [4.78, 5) is 38.0. The number of nitrogens with one attached hydrogen (secondary N) is 2. The van der Waals surface area contributed by atoms with Crippen LogP contribution in [0.15, 0.2) is 34.4 Å². The van der Waals surface area contributed by atoms with Crippen molar-refractivity contribution in [3.8, 4) is 11.3 Å². The molecule has 0 bridgehead atoms. The number of esters is 1. The highest BCUT2D eigenvalue weighted by molar-refractivity contribution is 7.14. The maximum absolute atomic E-state index is 13.8. The number of H-pyrrole nitrogens is 1. The minimum absolute atomic E-state index is 0.104. The molecule has 1 saturated carbocycles. The Kier molecular flexibility index (Phi) is 7.06. The summed E-state index contributed by atoms with van der Waals surface area (Å²) in [7, 11) is 3.16. The second kappa shape index (κ2) is 10.4. The predicted octanol–water partition coefficient (Wildman–Crippen LogP) is 5.76. The maximum atomic E-state index is 13.8. The van der Waals surface area contributed by atoms with Gasteiger partial charge in [-0.2, -0.15) is 0 Å². The molecule has 8 nitrogen and oxygen atoms in total. The Balaban J connectivity index is 1.56. The van der Waals surface area contributed by atoms with E-state index in [0.717, 1.165) is 43.5 Å². The zero-order valence-corrected chi connectivity index (χ0v) is 21.4. The van der Waals surface area contributed by atoms with Gasteiger partial charge in [-0.05, 0) is 37.1 Å². The van der Waals surface area contributed by atoms with E-state index in [4.69, 9.17) is 0 Å². The SMILES string of the molecule is COC(=O)c1nc2cc(N(C)C3CCCCC3)c(Nc3nc(-c4cc(F)c(F)c(F)c4)cs3)cc2[nH]c1=O. The van der Waals surface area contributed by atoms with Gasteiger partial charge in [-0.1, -0.05) is 19.3 Å². The van der Waals surface area contributed by atoms with Crippen molar-refractivity contribution in [2.75, 3.05) is 24.4 Å². The van der Waals surface area contributed by atoms with Crippen molar-refractivity contribution in [1.82, 2.24) is 15.0 Å². The molecular weight excluding hydrogens is 519 g/mol. The third-order valence-electron chi connectivity index (χ3n) is 6.72. The second-order valence-electron chi connectivity index (χ2n) is 9.11. The molecule has 0 atom stereocenters. The van der Waals surface area contributed by atoms with Crippen molar-refractivity contribution >= 4 is 44.8 Å². The van der Waals surface area contributed by atoms with Crippen molar-refractivity contribution in [3.05, 3.63) is 63.1 Å². The van der Waals surface area contributed by atoms with Gasteiger partial charge in [-0.3, -0.25) is 4.79 Å². The molecule has 2 aromatic carbocycles. The number of benzene rings is 2. The molecule has 12 heteroatoms. The average molecular weight is 544 g/mol. The molecule has 0 saturated heterocycles. The van der Waals surface area contributed by atoms with E-state index in [1.54, 1.807) is 17.5 Å². The summed E-state index contributed by atoms with van der Waals surface area (Å²) in [6.07, 6.45) is 5.45. The van der Waals surface area contributed by atoms with E-state index in [-0.39, 0.29) is 23.0 Å². The molecule has 0 spiro atoms. The summed E-state index contributed by atoms with van der Waals surface area (Å²) in [5, 5.41) is 5.27. The first-order chi connectivity index (χ1) is 18.2. The summed E-state index contributed by atoms with van der Waals surface area (Å²) in [6, 6.07) is 5.56. The third-order valence-corrected chi connectivity index (χ3v) is 7.47. The molecule has 1 fully saturated rings. The van der Waals surface area contributed by atoms with Crippen LogP contribution in [-0.2, 0) is 4.74 Å². The number of aromatic amines is 1. The first-order valence-electron chi connectivity index (χ1n) is 12.0. The van der Waals surface area contributed by atoms with Gasteiger partial charge in [0.2, 0.25) is 5.69 Å². The van der Waals surface area contributed by atoms with Gasteiger partial charge in [-0.25, -0.2) is 27.9 Å². The van der Waals surface area contributed by atoms with E-state index in [0.29, 0.717) is 21.9 Å². The van der Waals surface area contributed by atoms with Crippen molar-refractivity contribution in [2.24, 2.45) is 0 Å². The molecule has 1 aliphatic rings. The number of carbonyl (C=O) groups excluding carboxylic acids is 1. The van der Waals surface area contributed by atoms with Gasteiger partial charge in [0, 0.05) is 24.0 Å². The Morgan fingerprint density at radius 1 is 1.11 bits per heavy atom. The fourth-order valence-electron chi connectivity index (χ4n) is 4.70. The Morgan fingerprint density at radius 2 is 1.82 bits per heavy atom. The van der Waals surface area contributed by atoms with Crippen LogP contribution in [0, 0.1) is 17.5 Å². The molecule has 0 unspecified atom stereocenters. The number of anilines is 3. The van der Waals surface area contributed by atoms with E-state index in [9.17, 15) is 22.8 Å². The number of hydrogen-bond donors (Lipinski definition) is 2. The Labute approximate surface area is 219 Å². The van der Waals surface area contributed by atoms with Gasteiger partial charge in [0.15, 0.2) is 22.6 Å². The summed E-state index contributed by atoms with van der Waals surface area (Å²) < 4.78 is 45.6. The van der Waals surface area contributed by atoms with E-state index >= 15 is 0 Å². The Morgan fingerprint density at radius 3 is 2.50 bits per heavy atom. The summed E-state index contributed by atoms with van der Waals surface area (Å²) in [5.74, 6) is -4.96. The molecule has 38 heavy (non-hydrogen) atoms. The molecular formula is C26H24F3N5O3S. The van der Waals surface area contributed by atoms with Crippen molar-refractivity contribution < 1.29 is 22.7 Å². The zero-order valence-electron chi connectivity index (χ0n) is 20.6. The third kappa shape index (κ3) is 4.95. The van der Waals surface area contributed by atoms with E-state index < -0.39 is 29.0 Å². The van der Waals surface area contributed by atoms with Gasteiger partial charge in [0.1, 0.15) is 0 Å². The standard InChI is InChI=1S/C26H24F3N5O3S/c1-34(14-6-4-3-5-7-14)21-11-18-17(31-24(35)23(30-18)25(36)37-2)10-19(21)32-26-33-20(12-38-26)13-8-15(27)22(29)16(28)9-13/h8-12,14H,3-7H2,1-2H3,(H,31,35)(H,32,33). The number of aromatic nitrogens is 3. The zero-order chi connectivity index (χ0) is 27.0. The van der Waals surface area contributed by atoms with Crippen LogP contribution < -0.4 is 15.8 Å². The van der Waals surface area contributed by atoms with Crippen LogP contribution >= 0.6 is 11.3 Å². The molecule has 0 aliphatic heterocycles. The van der Waals surface area contributed by atoms with Crippen LogP contribution in [0.1, 0.15) is 42.6 Å². The molecule has 4 aromatic rings. The minimum atomic E-state index is -1.54. The summed E-state index contributed by atoms with van der Waals surface area (Å²) >= 11 is 1.20. The lowest BCUT2D eigenvalue weighted by molar-refractivity contribution is 0.0592. The number of hydrogen-bond acceptors (Lipinski definition) is 8. The first kappa shape index (κ1) is 25.7. The number of nitrogens with zero attached hydrogens (tertiary/aromatic N) is 3. The van der Waals surface area contributed by atoms with E-state index in [1.807, 2.05) is 7.05 Å². The predicted molar refractivity (Wildman–Crippen MR) is 140 cm³/mol. The Hall–Kier alpha value is -3.93. The van der Waals surface area contributed by atoms with Crippen molar-refractivity contribution in [1.29, 1.82) is 0 Å². The minimum Gasteiger partial charge on any atom is -0.464 e. The first-order valence-corrected chi connectivity index (χ1v) is 12.9. The van der Waals surface area contributed by atoms with Gasteiger partial charge in [0.25, 0.3) is 5.56 Å². The van der Waals surface area contributed by atoms with Gasteiger partial charge < -0.3 is 19.9 Å². The smallest absolute Gasteiger partial charge is 0.362 e. The van der Waals surface area contributed by atoms with Crippen LogP contribution in [0.4, 0.5) is 29.7 Å². The average Bonchev–Trinajstić information content (AvgIpc) is 3.39. The largest absolute Gasteiger partial charge is 0.464 e. The monoisotopic (exact) mass is 543 g/mol. The lowest BCUT2D eigenvalue weighted by atomic mass is 9.94. The molecule has 2 heterocycles. The fourth-order valence-corrected chi connectivity index (χ4v) is 5.43.